The molecule has 0 aliphatic rings. The SMILES string of the molecule is C=CC(F)C(CC)O[SiH3]. The fraction of sp³-hybridized carbons (Fsp3) is 0.667. The Labute approximate surface area is 58.4 Å². The van der Waals surface area contributed by atoms with Crippen LogP contribution in [0.5, 0.6) is 0 Å². The van der Waals surface area contributed by atoms with E-state index in [1.807, 2.05) is 6.92 Å². The maximum atomic E-state index is 12.6. The smallest absolute Gasteiger partial charge is 0.146 e. The van der Waals surface area contributed by atoms with Crippen LogP contribution in [0.2, 0.25) is 0 Å². The van der Waals surface area contributed by atoms with Crippen molar-refractivity contribution in [3.63, 3.8) is 0 Å². The van der Waals surface area contributed by atoms with Crippen LogP contribution in [0, 0.1) is 0 Å². The summed E-state index contributed by atoms with van der Waals surface area (Å²) in [5.74, 6) is 0. The first-order valence-electron chi connectivity index (χ1n) is 3.05. The maximum Gasteiger partial charge on any atom is 0.146 e. The lowest BCUT2D eigenvalue weighted by atomic mass is 10.2. The first kappa shape index (κ1) is 8.85. The van der Waals surface area contributed by atoms with Crippen molar-refractivity contribution in [3.8, 4) is 0 Å². The van der Waals surface area contributed by atoms with Crippen LogP contribution in [-0.4, -0.2) is 22.8 Å². The number of hydrogen-bond acceptors (Lipinski definition) is 1. The van der Waals surface area contributed by atoms with Crippen molar-refractivity contribution in [2.75, 3.05) is 0 Å². The average molecular weight is 148 g/mol. The Morgan fingerprint density at radius 2 is 2.44 bits per heavy atom. The third-order valence-electron chi connectivity index (χ3n) is 1.29. The van der Waals surface area contributed by atoms with Crippen LogP contribution in [0.15, 0.2) is 12.7 Å². The first-order valence-corrected chi connectivity index (χ1v) is 3.87. The molecule has 0 aromatic heterocycles. The minimum Gasteiger partial charge on any atom is -0.422 e. The second kappa shape index (κ2) is 4.70. The molecule has 0 spiro atoms. The van der Waals surface area contributed by atoms with Crippen LogP contribution >= 0.6 is 0 Å². The second-order valence-corrected chi connectivity index (χ2v) is 2.33. The fourth-order valence-corrected chi connectivity index (χ4v) is 1.27. The van der Waals surface area contributed by atoms with Crippen molar-refractivity contribution < 1.29 is 8.82 Å². The molecular formula is C6H13FOSi. The second-order valence-electron chi connectivity index (χ2n) is 1.86. The molecule has 0 saturated carbocycles. The molecular weight excluding hydrogens is 135 g/mol. The summed E-state index contributed by atoms with van der Waals surface area (Å²) >= 11 is 0. The van der Waals surface area contributed by atoms with Crippen molar-refractivity contribution >= 4 is 10.5 Å². The monoisotopic (exact) mass is 148 g/mol. The van der Waals surface area contributed by atoms with Crippen LogP contribution in [0.4, 0.5) is 4.39 Å². The summed E-state index contributed by atoms with van der Waals surface area (Å²) in [5.41, 5.74) is 0. The predicted molar refractivity (Wildman–Crippen MR) is 40.2 cm³/mol. The van der Waals surface area contributed by atoms with Gasteiger partial charge in [0.2, 0.25) is 0 Å². The van der Waals surface area contributed by atoms with E-state index >= 15 is 0 Å². The largest absolute Gasteiger partial charge is 0.422 e. The van der Waals surface area contributed by atoms with E-state index in [2.05, 4.69) is 6.58 Å². The minimum absolute atomic E-state index is 0.255. The fourth-order valence-electron chi connectivity index (χ4n) is 0.674. The van der Waals surface area contributed by atoms with Crippen molar-refractivity contribution in [2.45, 2.75) is 25.6 Å². The van der Waals surface area contributed by atoms with E-state index < -0.39 is 6.17 Å². The van der Waals surface area contributed by atoms with Crippen LogP contribution in [-0.2, 0) is 4.43 Å². The molecule has 0 aliphatic carbocycles. The maximum absolute atomic E-state index is 12.6. The van der Waals surface area contributed by atoms with E-state index in [4.69, 9.17) is 4.43 Å². The summed E-state index contributed by atoms with van der Waals surface area (Å²) in [6.07, 6.45) is 0.754. The lowest BCUT2D eigenvalue weighted by Crippen LogP contribution is -2.21. The Balaban J connectivity index is 3.63. The highest BCUT2D eigenvalue weighted by molar-refractivity contribution is 5.98. The molecule has 0 radical (unpaired) electrons. The molecule has 0 N–H and O–H groups in total. The highest BCUT2D eigenvalue weighted by Gasteiger charge is 2.12. The van der Waals surface area contributed by atoms with Crippen LogP contribution in [0.3, 0.4) is 0 Å². The van der Waals surface area contributed by atoms with Crippen molar-refractivity contribution in [3.05, 3.63) is 12.7 Å². The van der Waals surface area contributed by atoms with Crippen LogP contribution in [0.1, 0.15) is 13.3 Å². The van der Waals surface area contributed by atoms with Gasteiger partial charge < -0.3 is 4.43 Å². The van der Waals surface area contributed by atoms with Crippen LogP contribution < -0.4 is 0 Å². The Morgan fingerprint density at radius 1 is 1.89 bits per heavy atom. The van der Waals surface area contributed by atoms with Crippen LogP contribution in [0.25, 0.3) is 0 Å². The van der Waals surface area contributed by atoms with Crippen molar-refractivity contribution in [1.29, 1.82) is 0 Å². The lowest BCUT2D eigenvalue weighted by Gasteiger charge is -2.14. The highest BCUT2D eigenvalue weighted by Crippen LogP contribution is 2.06. The van der Waals surface area contributed by atoms with Gasteiger partial charge in [0.15, 0.2) is 0 Å². The van der Waals surface area contributed by atoms with Gasteiger partial charge >= 0.3 is 0 Å². The molecule has 0 bridgehead atoms. The highest BCUT2D eigenvalue weighted by atomic mass is 28.2. The first-order chi connectivity index (χ1) is 4.26. The normalized spacial score (nSPS) is 17.1. The summed E-state index contributed by atoms with van der Waals surface area (Å²) < 4.78 is 17.5. The number of rotatable bonds is 4. The summed E-state index contributed by atoms with van der Waals surface area (Å²) in [4.78, 5) is 0. The summed E-state index contributed by atoms with van der Waals surface area (Å²) in [5, 5.41) is 0. The van der Waals surface area contributed by atoms with E-state index in [0.29, 0.717) is 10.5 Å². The molecule has 0 saturated heterocycles. The molecule has 2 unspecified atom stereocenters. The van der Waals surface area contributed by atoms with Gasteiger partial charge in [0.05, 0.1) is 6.10 Å². The van der Waals surface area contributed by atoms with Gasteiger partial charge in [0.1, 0.15) is 16.7 Å². The topological polar surface area (TPSA) is 9.23 Å². The van der Waals surface area contributed by atoms with E-state index in [1.54, 1.807) is 0 Å². The van der Waals surface area contributed by atoms with Gasteiger partial charge in [-0.1, -0.05) is 13.0 Å². The molecule has 0 aromatic carbocycles. The molecule has 0 aromatic rings. The quantitative estimate of drug-likeness (QED) is 0.419. The number of hydrogen-bond donors (Lipinski definition) is 0. The zero-order chi connectivity index (χ0) is 7.28. The lowest BCUT2D eigenvalue weighted by molar-refractivity contribution is 0.134. The molecule has 54 valence electrons. The molecule has 0 amide bonds. The van der Waals surface area contributed by atoms with E-state index in [1.165, 1.54) is 6.08 Å². The van der Waals surface area contributed by atoms with Gasteiger partial charge in [-0.2, -0.15) is 0 Å². The summed E-state index contributed by atoms with van der Waals surface area (Å²) in [7, 11) is 0.596. The van der Waals surface area contributed by atoms with Crippen molar-refractivity contribution in [2.24, 2.45) is 0 Å². The molecule has 0 fully saturated rings. The van der Waals surface area contributed by atoms with Gasteiger partial charge in [-0.25, -0.2) is 4.39 Å². The van der Waals surface area contributed by atoms with E-state index in [0.717, 1.165) is 6.42 Å². The molecule has 9 heavy (non-hydrogen) atoms. The number of halogens is 1. The standard InChI is InChI=1S/C6H13FOSi/c1-3-5(7)6(4-2)8-9/h3,5-6H,1,4H2,2,9H3. The molecule has 1 nitrogen and oxygen atoms in total. The molecule has 2 atom stereocenters. The average Bonchev–Trinajstić information content (AvgIpc) is 1.90. The molecule has 0 heterocycles. The Morgan fingerprint density at radius 3 is 2.56 bits per heavy atom. The third kappa shape index (κ3) is 2.77. The van der Waals surface area contributed by atoms with E-state index in [9.17, 15) is 4.39 Å². The van der Waals surface area contributed by atoms with Gasteiger partial charge in [-0.3, -0.25) is 0 Å². The van der Waals surface area contributed by atoms with Gasteiger partial charge in [-0.05, 0) is 6.42 Å². The number of alkyl halides is 1. The zero-order valence-corrected chi connectivity index (χ0v) is 7.93. The van der Waals surface area contributed by atoms with Gasteiger partial charge in [0.25, 0.3) is 0 Å². The minimum atomic E-state index is -0.993. The Kier molecular flexibility index (Phi) is 4.62. The predicted octanol–water partition coefficient (Wildman–Crippen LogP) is 0.586. The molecule has 0 rings (SSSR count). The van der Waals surface area contributed by atoms with Gasteiger partial charge in [-0.15, -0.1) is 6.58 Å². The van der Waals surface area contributed by atoms with Crippen molar-refractivity contribution in [1.82, 2.24) is 0 Å². The molecule has 0 aliphatic heterocycles. The Hall–Kier alpha value is -0.153. The summed E-state index contributed by atoms with van der Waals surface area (Å²) in [6.45, 7) is 5.24. The third-order valence-corrected chi connectivity index (χ3v) is 1.89. The van der Waals surface area contributed by atoms with E-state index in [-0.39, 0.29) is 6.10 Å². The Bertz CT molecular complexity index is 83.1. The zero-order valence-electron chi connectivity index (χ0n) is 5.93. The van der Waals surface area contributed by atoms with Gasteiger partial charge in [0, 0.05) is 0 Å². The molecule has 3 heteroatoms. The summed E-state index contributed by atoms with van der Waals surface area (Å²) in [6, 6.07) is 0.